The van der Waals surface area contributed by atoms with Crippen molar-refractivity contribution in [3.8, 4) is 5.75 Å². The topological polar surface area (TPSA) is 102 Å². The van der Waals surface area contributed by atoms with Gasteiger partial charge < -0.3 is 10.1 Å². The predicted molar refractivity (Wildman–Crippen MR) is 103 cm³/mol. The van der Waals surface area contributed by atoms with Crippen molar-refractivity contribution in [3.05, 3.63) is 53.1 Å². The summed E-state index contributed by atoms with van der Waals surface area (Å²) in [6.45, 7) is 4.39. The van der Waals surface area contributed by atoms with Crippen molar-refractivity contribution in [1.82, 2.24) is 4.72 Å². The minimum atomic E-state index is -3.87. The normalized spacial score (nSPS) is 11.1. The summed E-state index contributed by atoms with van der Waals surface area (Å²) < 4.78 is 32.5. The third kappa shape index (κ3) is 5.15. The summed E-state index contributed by atoms with van der Waals surface area (Å²) in [7, 11) is -2.35. The monoisotopic (exact) mass is 390 g/mol. The molecule has 27 heavy (non-hydrogen) atoms. The average Bonchev–Trinajstić information content (AvgIpc) is 2.61. The number of aryl methyl sites for hydroxylation is 2. The van der Waals surface area contributed by atoms with Gasteiger partial charge in [0.15, 0.2) is 5.78 Å². The molecule has 0 aliphatic rings. The molecular weight excluding hydrogens is 368 g/mol. The molecule has 0 saturated carbocycles. The van der Waals surface area contributed by atoms with E-state index in [2.05, 4.69) is 10.0 Å². The lowest BCUT2D eigenvalue weighted by Crippen LogP contribution is -2.33. The van der Waals surface area contributed by atoms with Crippen LogP contribution < -0.4 is 14.8 Å². The van der Waals surface area contributed by atoms with E-state index in [-0.39, 0.29) is 10.7 Å². The fourth-order valence-corrected chi connectivity index (χ4v) is 3.82. The summed E-state index contributed by atoms with van der Waals surface area (Å²) in [4.78, 5) is 23.6. The molecule has 2 rings (SSSR count). The van der Waals surface area contributed by atoms with E-state index in [0.29, 0.717) is 28.1 Å². The van der Waals surface area contributed by atoms with Crippen molar-refractivity contribution in [2.75, 3.05) is 19.0 Å². The molecule has 1 amide bonds. The van der Waals surface area contributed by atoms with Crippen molar-refractivity contribution >= 4 is 27.4 Å². The quantitative estimate of drug-likeness (QED) is 0.707. The Bertz CT molecular complexity index is 984. The Morgan fingerprint density at radius 3 is 2.41 bits per heavy atom. The minimum absolute atomic E-state index is 0.0900. The van der Waals surface area contributed by atoms with E-state index in [1.807, 2.05) is 0 Å². The molecule has 2 aromatic rings. The Balaban J connectivity index is 2.09. The molecule has 144 valence electrons. The summed E-state index contributed by atoms with van der Waals surface area (Å²) in [5.74, 6) is -0.0751. The number of sulfonamides is 1. The number of amides is 1. The molecule has 8 heteroatoms. The third-order valence-corrected chi connectivity index (χ3v) is 5.50. The maximum atomic E-state index is 12.5. The van der Waals surface area contributed by atoms with Crippen molar-refractivity contribution in [3.63, 3.8) is 0 Å². The molecule has 0 aromatic heterocycles. The number of nitrogens with one attached hydrogen (secondary N) is 2. The van der Waals surface area contributed by atoms with E-state index in [1.165, 1.54) is 26.2 Å². The number of methoxy groups -OCH3 is 1. The van der Waals surface area contributed by atoms with Crippen LogP contribution >= 0.6 is 0 Å². The first-order chi connectivity index (χ1) is 12.6. The smallest absolute Gasteiger partial charge is 0.241 e. The largest absolute Gasteiger partial charge is 0.496 e. The van der Waals surface area contributed by atoms with Crippen LogP contribution in [-0.4, -0.2) is 33.8 Å². The second-order valence-corrected chi connectivity index (χ2v) is 7.83. The lowest BCUT2D eigenvalue weighted by molar-refractivity contribution is -0.115. The molecule has 0 aliphatic carbocycles. The number of carbonyl (C=O) groups excluding carboxylic acids is 2. The van der Waals surface area contributed by atoms with Crippen LogP contribution in [0.3, 0.4) is 0 Å². The van der Waals surface area contributed by atoms with E-state index in [4.69, 9.17) is 4.74 Å². The van der Waals surface area contributed by atoms with Gasteiger partial charge in [-0.15, -0.1) is 0 Å². The lowest BCUT2D eigenvalue weighted by Gasteiger charge is -2.13. The number of ketones is 1. The Hall–Kier alpha value is -2.71. The number of carbonyl (C=O) groups is 2. The minimum Gasteiger partial charge on any atom is -0.496 e. The number of hydrogen-bond donors (Lipinski definition) is 2. The van der Waals surface area contributed by atoms with Crippen molar-refractivity contribution in [2.45, 2.75) is 25.7 Å². The molecule has 0 unspecified atom stereocenters. The van der Waals surface area contributed by atoms with Gasteiger partial charge in [0.1, 0.15) is 5.75 Å². The molecule has 2 aromatic carbocycles. The van der Waals surface area contributed by atoms with E-state index in [1.54, 1.807) is 38.1 Å². The standard InChI is InChI=1S/C19H22N2O5S/c1-12-9-18(13(2)8-17(12)26-4)27(24,25)20-11-19(23)21-16-7-5-6-15(10-16)14(3)22/h5-10,20H,11H2,1-4H3,(H,21,23). The molecular formula is C19H22N2O5S. The zero-order valence-electron chi connectivity index (χ0n) is 15.6. The van der Waals surface area contributed by atoms with Gasteiger partial charge in [-0.25, -0.2) is 13.1 Å². The van der Waals surface area contributed by atoms with Crippen molar-refractivity contribution in [2.24, 2.45) is 0 Å². The second-order valence-electron chi connectivity index (χ2n) is 6.10. The van der Waals surface area contributed by atoms with Crippen molar-refractivity contribution in [1.29, 1.82) is 0 Å². The molecule has 2 N–H and O–H groups in total. The Morgan fingerprint density at radius 1 is 1.07 bits per heavy atom. The third-order valence-electron chi connectivity index (χ3n) is 3.96. The number of Topliss-reactive ketones (excluding diaryl/α,β-unsaturated/α-hetero) is 1. The summed E-state index contributed by atoms with van der Waals surface area (Å²) in [5.41, 5.74) is 2.06. The number of ether oxygens (including phenoxy) is 1. The fraction of sp³-hybridized carbons (Fsp3) is 0.263. The Labute approximate surface area is 158 Å². The fourth-order valence-electron chi connectivity index (χ4n) is 2.53. The zero-order chi connectivity index (χ0) is 20.2. The first-order valence-electron chi connectivity index (χ1n) is 8.20. The van der Waals surface area contributed by atoms with E-state index >= 15 is 0 Å². The number of hydrogen-bond acceptors (Lipinski definition) is 5. The van der Waals surface area contributed by atoms with E-state index < -0.39 is 22.5 Å². The van der Waals surface area contributed by atoms with Gasteiger partial charge >= 0.3 is 0 Å². The Kier molecular flexibility index (Phi) is 6.35. The van der Waals surface area contributed by atoms with E-state index in [0.717, 1.165) is 0 Å². The van der Waals surface area contributed by atoms with Gasteiger partial charge in [-0.2, -0.15) is 0 Å². The lowest BCUT2D eigenvalue weighted by atomic mass is 10.1. The molecule has 0 fully saturated rings. The predicted octanol–water partition coefficient (Wildman–Crippen LogP) is 2.43. The maximum Gasteiger partial charge on any atom is 0.241 e. The number of benzene rings is 2. The molecule has 0 bridgehead atoms. The highest BCUT2D eigenvalue weighted by Crippen LogP contribution is 2.25. The summed E-state index contributed by atoms with van der Waals surface area (Å²) >= 11 is 0. The molecule has 0 atom stereocenters. The molecule has 0 spiro atoms. The summed E-state index contributed by atoms with van der Waals surface area (Å²) in [6.07, 6.45) is 0. The van der Waals surface area contributed by atoms with Gasteiger partial charge in [0, 0.05) is 11.3 Å². The van der Waals surface area contributed by atoms with Gasteiger partial charge in [0.05, 0.1) is 18.6 Å². The highest BCUT2D eigenvalue weighted by Gasteiger charge is 2.20. The Morgan fingerprint density at radius 2 is 1.78 bits per heavy atom. The maximum absolute atomic E-state index is 12.5. The molecule has 0 saturated heterocycles. The highest BCUT2D eigenvalue weighted by atomic mass is 32.2. The van der Waals surface area contributed by atoms with Crippen LogP contribution in [0.4, 0.5) is 5.69 Å². The van der Waals surface area contributed by atoms with Gasteiger partial charge in [-0.05, 0) is 56.2 Å². The van der Waals surface area contributed by atoms with Crippen LogP contribution in [0, 0.1) is 13.8 Å². The SMILES string of the molecule is COc1cc(C)c(S(=O)(=O)NCC(=O)Nc2cccc(C(C)=O)c2)cc1C. The van der Waals surface area contributed by atoms with Gasteiger partial charge in [-0.1, -0.05) is 12.1 Å². The van der Waals surface area contributed by atoms with Crippen LogP contribution in [0.2, 0.25) is 0 Å². The van der Waals surface area contributed by atoms with Gasteiger partial charge in [0.2, 0.25) is 15.9 Å². The van der Waals surface area contributed by atoms with Gasteiger partial charge in [-0.3, -0.25) is 9.59 Å². The van der Waals surface area contributed by atoms with Crippen LogP contribution in [0.1, 0.15) is 28.4 Å². The summed E-state index contributed by atoms with van der Waals surface area (Å²) in [6, 6.07) is 9.57. The van der Waals surface area contributed by atoms with Crippen molar-refractivity contribution < 1.29 is 22.7 Å². The second kappa shape index (κ2) is 8.32. The molecule has 7 nitrogen and oxygen atoms in total. The highest BCUT2D eigenvalue weighted by molar-refractivity contribution is 7.89. The molecule has 0 aliphatic heterocycles. The first kappa shape index (κ1) is 20.6. The van der Waals surface area contributed by atoms with E-state index in [9.17, 15) is 18.0 Å². The number of anilines is 1. The van der Waals surface area contributed by atoms with Gasteiger partial charge in [0.25, 0.3) is 0 Å². The summed E-state index contributed by atoms with van der Waals surface area (Å²) in [5, 5.41) is 2.57. The first-order valence-corrected chi connectivity index (χ1v) is 9.68. The zero-order valence-corrected chi connectivity index (χ0v) is 16.4. The van der Waals surface area contributed by atoms with Crippen LogP contribution in [0.25, 0.3) is 0 Å². The molecule has 0 heterocycles. The van der Waals surface area contributed by atoms with Crippen LogP contribution in [-0.2, 0) is 14.8 Å². The van der Waals surface area contributed by atoms with Crippen LogP contribution in [0.15, 0.2) is 41.3 Å². The van der Waals surface area contributed by atoms with Crippen LogP contribution in [0.5, 0.6) is 5.75 Å². The molecule has 0 radical (unpaired) electrons. The average molecular weight is 390 g/mol. The number of rotatable bonds is 7.